The molecule has 0 saturated heterocycles. The quantitative estimate of drug-likeness (QED) is 0.207. The van der Waals surface area contributed by atoms with Crippen LogP contribution in [0.1, 0.15) is 0 Å². The van der Waals surface area contributed by atoms with Crippen molar-refractivity contribution in [2.24, 2.45) is 0 Å². The third-order valence-corrected chi connectivity index (χ3v) is 0.470. The fourth-order valence-corrected chi connectivity index (χ4v) is 0.0732. The molecule has 0 fully saturated rings. The number of aliphatic hydroxyl groups is 4. The lowest BCUT2D eigenvalue weighted by Gasteiger charge is -2.17. The van der Waals surface area contributed by atoms with Gasteiger partial charge in [-0.15, -0.1) is 10.0 Å². The van der Waals surface area contributed by atoms with Gasteiger partial charge in [0.25, 0.3) is 0 Å². The van der Waals surface area contributed by atoms with Crippen LogP contribution in [0.25, 0.3) is 0 Å². The van der Waals surface area contributed by atoms with Gasteiger partial charge in [-0.1, -0.05) is 0 Å². The number of hydrogen-bond acceptors (Lipinski definition) is 5. The minimum atomic E-state index is -3.42. The van der Waals surface area contributed by atoms with E-state index in [-0.39, 0.29) is 0 Å². The zero-order chi connectivity index (χ0) is 6.78. The molecule has 5 N–H and O–H groups in total. The molecule has 1 atom stereocenters. The van der Waals surface area contributed by atoms with E-state index in [1.165, 1.54) is 0 Å². The van der Waals surface area contributed by atoms with Crippen LogP contribution in [-0.2, 0) is 0 Å². The summed E-state index contributed by atoms with van der Waals surface area (Å²) in [5.74, 6) is -3.42. The lowest BCUT2D eigenvalue weighted by atomic mass is 10.5. The molecule has 0 aliphatic carbocycles. The van der Waals surface area contributed by atoms with Crippen LogP contribution >= 0.6 is 0 Å². The smallest absolute Gasteiger partial charge is 0.319 e. The summed E-state index contributed by atoms with van der Waals surface area (Å²) in [7, 11) is 0. The molecule has 1 unspecified atom stereocenters. The van der Waals surface area contributed by atoms with Crippen molar-refractivity contribution in [1.29, 1.82) is 0 Å². The zero-order valence-electron chi connectivity index (χ0n) is 3.74. The first kappa shape index (κ1) is 7.73. The van der Waals surface area contributed by atoms with Crippen LogP contribution in [0, 0.1) is 0 Å². The Kier molecular flexibility index (Phi) is 2.26. The van der Waals surface area contributed by atoms with E-state index in [1.807, 2.05) is 0 Å². The lowest BCUT2D eigenvalue weighted by molar-refractivity contribution is -0.366. The van der Waals surface area contributed by atoms with Gasteiger partial charge in [-0.3, -0.25) is 0 Å². The van der Waals surface area contributed by atoms with Gasteiger partial charge in [0.2, 0.25) is 6.23 Å². The molecule has 0 rings (SSSR count). The Morgan fingerprint density at radius 2 is 1.75 bits per heavy atom. The topological polar surface area (TPSA) is 93.0 Å². The van der Waals surface area contributed by atoms with Crippen LogP contribution in [0.2, 0.25) is 0 Å². The minimum Gasteiger partial charge on any atom is -0.369 e. The van der Waals surface area contributed by atoms with Crippen LogP contribution in [0.4, 0.5) is 4.48 Å². The maximum atomic E-state index is 10.9. The lowest BCUT2D eigenvalue weighted by Crippen LogP contribution is -2.48. The Hall–Kier alpha value is -0.270. The highest BCUT2D eigenvalue weighted by molar-refractivity contribution is 4.52. The molecular weight excluding hydrogens is 121 g/mol. The molecule has 8 heavy (non-hydrogen) atoms. The van der Waals surface area contributed by atoms with Crippen molar-refractivity contribution >= 4 is 0 Å². The van der Waals surface area contributed by atoms with Gasteiger partial charge in [-0.25, -0.2) is 0 Å². The molecule has 0 saturated carbocycles. The molecule has 0 aromatic carbocycles. The summed E-state index contributed by atoms with van der Waals surface area (Å²) < 4.78 is 10.9. The van der Waals surface area contributed by atoms with E-state index in [2.05, 4.69) is 0 Å². The summed E-state index contributed by atoms with van der Waals surface area (Å²) in [5.41, 5.74) is 0.510. The number of nitrogens with one attached hydrogen (secondary N) is 1. The molecule has 0 radical (unpaired) electrons. The molecule has 0 spiro atoms. The predicted molar refractivity (Wildman–Crippen MR) is 19.6 cm³/mol. The summed E-state index contributed by atoms with van der Waals surface area (Å²) in [6, 6.07) is 0. The van der Waals surface area contributed by atoms with Crippen molar-refractivity contribution in [1.82, 2.24) is 5.54 Å². The van der Waals surface area contributed by atoms with E-state index in [0.717, 1.165) is 0 Å². The largest absolute Gasteiger partial charge is 0.369 e. The van der Waals surface area contributed by atoms with Crippen LogP contribution in [-0.4, -0.2) is 32.6 Å². The summed E-state index contributed by atoms with van der Waals surface area (Å²) in [6.07, 6.45) is -2.40. The Morgan fingerprint density at radius 1 is 1.38 bits per heavy atom. The third kappa shape index (κ3) is 2.15. The second-order valence-corrected chi connectivity index (χ2v) is 1.20. The van der Waals surface area contributed by atoms with Crippen molar-refractivity contribution in [2.45, 2.75) is 12.2 Å². The molecule has 0 aromatic heterocycles. The maximum Gasteiger partial charge on any atom is 0.319 e. The van der Waals surface area contributed by atoms with E-state index in [4.69, 9.17) is 20.4 Å². The second kappa shape index (κ2) is 2.33. The summed E-state index contributed by atoms with van der Waals surface area (Å²) in [5, 5.41) is 31.5. The number of hydrogen-bond donors (Lipinski definition) is 5. The van der Waals surface area contributed by atoms with Gasteiger partial charge >= 0.3 is 5.97 Å². The molecule has 0 heterocycles. The van der Waals surface area contributed by atoms with Crippen molar-refractivity contribution in [3.63, 3.8) is 0 Å². The summed E-state index contributed by atoms with van der Waals surface area (Å²) in [6.45, 7) is 0. The standard InChI is InChI=1S/C2H6FNO4/c3-4-1(5)2(6,7)8/h1,4-8H. The first-order valence-corrected chi connectivity index (χ1v) is 1.70. The number of halogens is 1. The van der Waals surface area contributed by atoms with Crippen LogP contribution in [0.15, 0.2) is 0 Å². The Morgan fingerprint density at radius 3 is 1.75 bits per heavy atom. The van der Waals surface area contributed by atoms with E-state index in [0.29, 0.717) is 5.54 Å². The first-order valence-electron chi connectivity index (χ1n) is 1.70. The molecule has 0 amide bonds. The molecule has 0 aliphatic rings. The second-order valence-electron chi connectivity index (χ2n) is 1.20. The highest BCUT2D eigenvalue weighted by atomic mass is 19.2. The van der Waals surface area contributed by atoms with Crippen LogP contribution < -0.4 is 5.54 Å². The van der Waals surface area contributed by atoms with Gasteiger partial charge in [0.05, 0.1) is 0 Å². The Balaban J connectivity index is 3.62. The van der Waals surface area contributed by atoms with Crippen LogP contribution in [0.5, 0.6) is 0 Å². The molecule has 0 aliphatic heterocycles. The van der Waals surface area contributed by atoms with E-state index >= 15 is 0 Å². The molecular formula is C2H6FNO4. The third-order valence-electron chi connectivity index (χ3n) is 0.470. The maximum absolute atomic E-state index is 10.9. The van der Waals surface area contributed by atoms with Crippen molar-refractivity contribution in [3.05, 3.63) is 0 Å². The van der Waals surface area contributed by atoms with Gasteiger partial charge in [-0.2, -0.15) is 0 Å². The van der Waals surface area contributed by atoms with Crippen molar-refractivity contribution in [3.8, 4) is 0 Å². The fraction of sp³-hybridized carbons (Fsp3) is 1.00. The Bertz CT molecular complexity index is 70.9. The number of aliphatic hydroxyl groups excluding tert-OH is 1. The zero-order valence-corrected chi connectivity index (χ0v) is 3.74. The average Bonchev–Trinajstić information content (AvgIpc) is 1.62. The summed E-state index contributed by atoms with van der Waals surface area (Å²) in [4.78, 5) is 0. The highest BCUT2D eigenvalue weighted by Crippen LogP contribution is 1.96. The summed E-state index contributed by atoms with van der Waals surface area (Å²) >= 11 is 0. The van der Waals surface area contributed by atoms with Gasteiger partial charge in [0.1, 0.15) is 0 Å². The monoisotopic (exact) mass is 127 g/mol. The Labute approximate surface area is 43.9 Å². The van der Waals surface area contributed by atoms with Gasteiger partial charge in [-0.05, 0) is 0 Å². The predicted octanol–water partition coefficient (Wildman–Crippen LogP) is -2.59. The van der Waals surface area contributed by atoms with E-state index in [9.17, 15) is 4.48 Å². The molecule has 50 valence electrons. The first-order chi connectivity index (χ1) is 3.48. The van der Waals surface area contributed by atoms with Crippen LogP contribution in [0.3, 0.4) is 0 Å². The molecule has 0 bridgehead atoms. The van der Waals surface area contributed by atoms with E-state index in [1.54, 1.807) is 0 Å². The molecule has 6 heteroatoms. The normalized spacial score (nSPS) is 16.1. The fourth-order valence-electron chi connectivity index (χ4n) is 0.0732. The average molecular weight is 127 g/mol. The SMILES string of the molecule is OC(NF)C(O)(O)O. The molecule has 0 aromatic rings. The molecule has 5 nitrogen and oxygen atoms in total. The van der Waals surface area contributed by atoms with Crippen molar-refractivity contribution in [2.75, 3.05) is 0 Å². The van der Waals surface area contributed by atoms with E-state index < -0.39 is 12.2 Å². The van der Waals surface area contributed by atoms with Crippen molar-refractivity contribution < 1.29 is 24.9 Å². The highest BCUT2D eigenvalue weighted by Gasteiger charge is 2.29. The van der Waals surface area contributed by atoms with Gasteiger partial charge < -0.3 is 20.4 Å². The number of rotatable bonds is 2. The minimum absolute atomic E-state index is 0.510. The van der Waals surface area contributed by atoms with Gasteiger partial charge in [0, 0.05) is 0 Å². The van der Waals surface area contributed by atoms with Gasteiger partial charge in [0.15, 0.2) is 0 Å².